The lowest BCUT2D eigenvalue weighted by atomic mass is 10.2. The van der Waals surface area contributed by atoms with Crippen molar-refractivity contribution in [1.82, 2.24) is 5.32 Å². The molecule has 1 atom stereocenters. The van der Waals surface area contributed by atoms with Crippen molar-refractivity contribution in [3.63, 3.8) is 0 Å². The Hall–Kier alpha value is -1.80. The van der Waals surface area contributed by atoms with E-state index in [0.29, 0.717) is 13.2 Å². The second kappa shape index (κ2) is 6.77. The number of nitrogens with one attached hydrogen (secondary N) is 2. The van der Waals surface area contributed by atoms with Gasteiger partial charge in [0.1, 0.15) is 5.75 Å². The molecule has 1 amide bonds. The van der Waals surface area contributed by atoms with Crippen molar-refractivity contribution in [2.45, 2.75) is 18.9 Å². The Bertz CT molecular complexity index is 488. The number of halogens is 3. The molecule has 0 aromatic heterocycles. The summed E-state index contributed by atoms with van der Waals surface area (Å²) in [5, 5.41) is 5.61. The van der Waals surface area contributed by atoms with Crippen LogP contribution in [0.2, 0.25) is 0 Å². The van der Waals surface area contributed by atoms with Gasteiger partial charge in [0.25, 0.3) is 0 Å². The molecule has 1 aromatic rings. The molecule has 1 saturated heterocycles. The Kier molecular flexibility index (Phi) is 5.03. The van der Waals surface area contributed by atoms with E-state index in [-0.39, 0.29) is 29.9 Å². The van der Waals surface area contributed by atoms with Crippen molar-refractivity contribution in [2.24, 2.45) is 0 Å². The highest BCUT2D eigenvalue weighted by atomic mass is 19.4. The molecule has 116 valence electrons. The summed E-state index contributed by atoms with van der Waals surface area (Å²) in [4.78, 5) is 11.8. The molecular formula is C13H15F3N2O3. The average molecular weight is 304 g/mol. The molecule has 0 saturated carbocycles. The number of anilines is 1. The van der Waals surface area contributed by atoms with E-state index in [9.17, 15) is 18.0 Å². The molecule has 1 aliphatic heterocycles. The Morgan fingerprint density at radius 2 is 2.29 bits per heavy atom. The van der Waals surface area contributed by atoms with Crippen molar-refractivity contribution < 1.29 is 27.4 Å². The summed E-state index contributed by atoms with van der Waals surface area (Å²) in [5.41, 5.74) is 0.241. The van der Waals surface area contributed by atoms with Gasteiger partial charge in [-0.1, -0.05) is 6.07 Å². The second-order valence-corrected chi connectivity index (χ2v) is 4.52. The summed E-state index contributed by atoms with van der Waals surface area (Å²) >= 11 is 0. The van der Waals surface area contributed by atoms with E-state index < -0.39 is 6.36 Å². The van der Waals surface area contributed by atoms with E-state index in [2.05, 4.69) is 15.4 Å². The van der Waals surface area contributed by atoms with Crippen LogP contribution in [0.25, 0.3) is 0 Å². The zero-order chi connectivity index (χ0) is 15.3. The monoisotopic (exact) mass is 304 g/mol. The Morgan fingerprint density at radius 3 is 2.95 bits per heavy atom. The van der Waals surface area contributed by atoms with E-state index in [1.165, 1.54) is 12.1 Å². The minimum absolute atomic E-state index is 0.136. The first kappa shape index (κ1) is 15.6. The standard InChI is InChI=1S/C13H15F3N2O3/c14-13(15,16)21-10-3-1-2-9(6-10)18-12(19)7-11-8-17-4-5-20-11/h1-3,6,11,17H,4-5,7-8H2,(H,18,19). The fourth-order valence-electron chi connectivity index (χ4n) is 1.94. The van der Waals surface area contributed by atoms with E-state index in [1.54, 1.807) is 0 Å². The number of benzene rings is 1. The predicted octanol–water partition coefficient (Wildman–Crippen LogP) is 1.90. The highest BCUT2D eigenvalue weighted by Gasteiger charge is 2.31. The number of morpholine rings is 1. The van der Waals surface area contributed by atoms with Gasteiger partial charge in [0.2, 0.25) is 5.91 Å². The number of carbonyl (C=O) groups is 1. The molecule has 0 bridgehead atoms. The van der Waals surface area contributed by atoms with Crippen molar-refractivity contribution in [1.29, 1.82) is 0 Å². The van der Waals surface area contributed by atoms with Crippen molar-refractivity contribution in [3.05, 3.63) is 24.3 Å². The molecule has 2 N–H and O–H groups in total. The van der Waals surface area contributed by atoms with Gasteiger partial charge in [0.15, 0.2) is 0 Å². The van der Waals surface area contributed by atoms with Gasteiger partial charge in [-0.05, 0) is 12.1 Å². The van der Waals surface area contributed by atoms with Crippen molar-refractivity contribution >= 4 is 11.6 Å². The normalized spacial score (nSPS) is 19.1. The summed E-state index contributed by atoms with van der Waals surface area (Å²) in [7, 11) is 0. The maximum absolute atomic E-state index is 12.1. The van der Waals surface area contributed by atoms with Crippen LogP contribution in [0.5, 0.6) is 5.75 Å². The van der Waals surface area contributed by atoms with Gasteiger partial charge in [-0.2, -0.15) is 0 Å². The van der Waals surface area contributed by atoms with Crippen LogP contribution < -0.4 is 15.4 Å². The molecule has 1 aromatic carbocycles. The van der Waals surface area contributed by atoms with E-state index in [1.807, 2.05) is 0 Å². The van der Waals surface area contributed by atoms with Crippen LogP contribution in [-0.2, 0) is 9.53 Å². The van der Waals surface area contributed by atoms with Crippen LogP contribution in [0.1, 0.15) is 6.42 Å². The Balaban J connectivity index is 1.89. The predicted molar refractivity (Wildman–Crippen MR) is 69.0 cm³/mol. The molecule has 0 spiro atoms. The minimum Gasteiger partial charge on any atom is -0.406 e. The number of hydrogen-bond donors (Lipinski definition) is 2. The maximum Gasteiger partial charge on any atom is 0.573 e. The fraction of sp³-hybridized carbons (Fsp3) is 0.462. The molecule has 21 heavy (non-hydrogen) atoms. The van der Waals surface area contributed by atoms with Gasteiger partial charge in [0.05, 0.1) is 19.1 Å². The molecule has 8 heteroatoms. The number of hydrogen-bond acceptors (Lipinski definition) is 4. The lowest BCUT2D eigenvalue weighted by Crippen LogP contribution is -2.40. The van der Waals surface area contributed by atoms with Crippen LogP contribution in [0, 0.1) is 0 Å². The summed E-state index contributed by atoms with van der Waals surface area (Å²) in [5.74, 6) is -0.705. The molecule has 0 aliphatic carbocycles. The van der Waals surface area contributed by atoms with Crippen LogP contribution in [0.4, 0.5) is 18.9 Å². The maximum atomic E-state index is 12.1. The quantitative estimate of drug-likeness (QED) is 0.892. The molecule has 0 radical (unpaired) electrons. The van der Waals surface area contributed by atoms with Crippen LogP contribution >= 0.6 is 0 Å². The number of rotatable bonds is 4. The van der Waals surface area contributed by atoms with Gasteiger partial charge in [-0.15, -0.1) is 13.2 Å². The Morgan fingerprint density at radius 1 is 1.48 bits per heavy atom. The molecule has 1 fully saturated rings. The van der Waals surface area contributed by atoms with Gasteiger partial charge < -0.3 is 20.1 Å². The first-order valence-electron chi connectivity index (χ1n) is 6.40. The zero-order valence-electron chi connectivity index (χ0n) is 11.1. The third-order valence-corrected chi connectivity index (χ3v) is 2.77. The van der Waals surface area contributed by atoms with E-state index in [0.717, 1.165) is 18.7 Å². The van der Waals surface area contributed by atoms with Crippen molar-refractivity contribution in [3.8, 4) is 5.75 Å². The average Bonchev–Trinajstić information content (AvgIpc) is 2.38. The van der Waals surface area contributed by atoms with Crippen molar-refractivity contribution in [2.75, 3.05) is 25.0 Å². The zero-order valence-corrected chi connectivity index (χ0v) is 11.1. The molecule has 5 nitrogen and oxygen atoms in total. The van der Waals surface area contributed by atoms with E-state index in [4.69, 9.17) is 4.74 Å². The van der Waals surface area contributed by atoms with Gasteiger partial charge in [-0.3, -0.25) is 4.79 Å². The summed E-state index contributed by atoms with van der Waals surface area (Å²) in [6, 6.07) is 5.14. The lowest BCUT2D eigenvalue weighted by Gasteiger charge is -2.23. The topological polar surface area (TPSA) is 59.6 Å². The van der Waals surface area contributed by atoms with Crippen LogP contribution in [0.3, 0.4) is 0 Å². The Labute approximate surface area is 119 Å². The second-order valence-electron chi connectivity index (χ2n) is 4.52. The SMILES string of the molecule is O=C(CC1CNCCO1)Nc1cccc(OC(F)(F)F)c1. The highest BCUT2D eigenvalue weighted by molar-refractivity contribution is 5.91. The van der Waals surface area contributed by atoms with E-state index >= 15 is 0 Å². The number of carbonyl (C=O) groups excluding carboxylic acids is 1. The largest absolute Gasteiger partial charge is 0.573 e. The first-order chi connectivity index (χ1) is 9.92. The highest BCUT2D eigenvalue weighted by Crippen LogP contribution is 2.25. The summed E-state index contributed by atoms with van der Waals surface area (Å²) in [6.45, 7) is 1.85. The molecule has 1 unspecified atom stereocenters. The lowest BCUT2D eigenvalue weighted by molar-refractivity contribution is -0.274. The smallest absolute Gasteiger partial charge is 0.406 e. The third-order valence-electron chi connectivity index (χ3n) is 2.77. The minimum atomic E-state index is -4.76. The van der Waals surface area contributed by atoms with Gasteiger partial charge in [0, 0.05) is 24.8 Å². The third kappa shape index (κ3) is 5.60. The molecule has 1 aliphatic rings. The molecular weight excluding hydrogens is 289 g/mol. The first-order valence-corrected chi connectivity index (χ1v) is 6.40. The summed E-state index contributed by atoms with van der Waals surface area (Å²) in [6.07, 6.45) is -4.85. The fourth-order valence-corrected chi connectivity index (χ4v) is 1.94. The molecule has 2 rings (SSSR count). The number of alkyl halides is 3. The molecule has 1 heterocycles. The number of amides is 1. The van der Waals surface area contributed by atoms with Gasteiger partial charge >= 0.3 is 6.36 Å². The van der Waals surface area contributed by atoms with Gasteiger partial charge in [-0.25, -0.2) is 0 Å². The number of ether oxygens (including phenoxy) is 2. The van der Waals surface area contributed by atoms with Crippen LogP contribution in [-0.4, -0.2) is 38.1 Å². The summed E-state index contributed by atoms with van der Waals surface area (Å²) < 4.78 is 45.5. The van der Waals surface area contributed by atoms with Crippen LogP contribution in [0.15, 0.2) is 24.3 Å².